The summed E-state index contributed by atoms with van der Waals surface area (Å²) in [5.41, 5.74) is 9.00. The summed E-state index contributed by atoms with van der Waals surface area (Å²) >= 11 is 0. The molecule has 0 aliphatic carbocycles. The standard InChI is InChI=1S/C18H19N5O2/c1-11(17(19)24)7-12-8-14-16-15(9-12)25-6-2-5-23(16)18(22-14)13-3-4-20-10-21-13/h3-4,8-11H,2,5-7H2,1H3,(H2,19,24)/t11-/m1/s1. The quantitative estimate of drug-likeness (QED) is 0.785. The van der Waals surface area contributed by atoms with Crippen LogP contribution in [-0.4, -0.2) is 32.0 Å². The van der Waals surface area contributed by atoms with E-state index in [4.69, 9.17) is 15.5 Å². The van der Waals surface area contributed by atoms with Crippen molar-refractivity contribution < 1.29 is 9.53 Å². The van der Waals surface area contributed by atoms with Crippen molar-refractivity contribution in [3.05, 3.63) is 36.3 Å². The predicted octanol–water partition coefficient (Wildman–Crippen LogP) is 1.94. The highest BCUT2D eigenvalue weighted by Gasteiger charge is 2.21. The van der Waals surface area contributed by atoms with Crippen LogP contribution in [-0.2, 0) is 17.8 Å². The fourth-order valence-corrected chi connectivity index (χ4v) is 3.21. The highest BCUT2D eigenvalue weighted by Crippen LogP contribution is 2.34. The summed E-state index contributed by atoms with van der Waals surface area (Å²) in [6.45, 7) is 3.30. The third-order valence-electron chi connectivity index (χ3n) is 4.49. The molecule has 0 bridgehead atoms. The summed E-state index contributed by atoms with van der Waals surface area (Å²) in [7, 11) is 0. The van der Waals surface area contributed by atoms with E-state index >= 15 is 0 Å². The lowest BCUT2D eigenvalue weighted by molar-refractivity contribution is -0.121. The van der Waals surface area contributed by atoms with Crippen LogP contribution in [0.25, 0.3) is 22.6 Å². The molecule has 128 valence electrons. The molecule has 1 amide bonds. The normalized spacial score (nSPS) is 14.8. The molecule has 7 heteroatoms. The van der Waals surface area contributed by atoms with Gasteiger partial charge in [0.25, 0.3) is 0 Å². The van der Waals surface area contributed by atoms with Crippen LogP contribution in [0.15, 0.2) is 30.7 Å². The summed E-state index contributed by atoms with van der Waals surface area (Å²) < 4.78 is 8.10. The number of nitrogens with zero attached hydrogens (tertiary/aromatic N) is 4. The summed E-state index contributed by atoms with van der Waals surface area (Å²) in [5.74, 6) is 1.07. The Morgan fingerprint density at radius 2 is 2.32 bits per heavy atom. The number of nitrogens with two attached hydrogens (primary N) is 1. The lowest BCUT2D eigenvalue weighted by Crippen LogP contribution is -2.22. The van der Waals surface area contributed by atoms with Crippen LogP contribution in [0.2, 0.25) is 0 Å². The fraction of sp³-hybridized carbons (Fsp3) is 0.333. The van der Waals surface area contributed by atoms with E-state index in [0.717, 1.165) is 46.8 Å². The van der Waals surface area contributed by atoms with E-state index in [1.165, 1.54) is 6.33 Å². The number of imidazole rings is 1. The maximum absolute atomic E-state index is 11.4. The van der Waals surface area contributed by atoms with Gasteiger partial charge in [-0.25, -0.2) is 15.0 Å². The molecule has 3 heterocycles. The van der Waals surface area contributed by atoms with Gasteiger partial charge < -0.3 is 15.0 Å². The highest BCUT2D eigenvalue weighted by molar-refractivity contribution is 5.87. The van der Waals surface area contributed by atoms with Gasteiger partial charge in [0.1, 0.15) is 23.3 Å². The Morgan fingerprint density at radius 1 is 1.44 bits per heavy atom. The van der Waals surface area contributed by atoms with Gasteiger partial charge in [0.2, 0.25) is 5.91 Å². The first-order valence-corrected chi connectivity index (χ1v) is 8.35. The smallest absolute Gasteiger partial charge is 0.220 e. The minimum absolute atomic E-state index is 0.237. The largest absolute Gasteiger partial charge is 0.491 e. The molecule has 0 spiro atoms. The molecule has 3 aromatic rings. The molecule has 0 unspecified atom stereocenters. The zero-order valence-corrected chi connectivity index (χ0v) is 14.0. The lowest BCUT2D eigenvalue weighted by Gasteiger charge is -2.10. The molecule has 4 rings (SSSR count). The Hall–Kier alpha value is -2.96. The predicted molar refractivity (Wildman–Crippen MR) is 92.9 cm³/mol. The molecule has 0 saturated heterocycles. The molecule has 2 N–H and O–H groups in total. The van der Waals surface area contributed by atoms with Crippen molar-refractivity contribution in [1.29, 1.82) is 0 Å². The average Bonchev–Trinajstić information content (AvgIpc) is 2.83. The fourth-order valence-electron chi connectivity index (χ4n) is 3.21. The summed E-state index contributed by atoms with van der Waals surface area (Å²) in [6.07, 6.45) is 4.70. The van der Waals surface area contributed by atoms with Gasteiger partial charge in [0, 0.05) is 18.7 Å². The number of carbonyl (C=O) groups excluding carboxylic acids is 1. The number of aryl methyl sites for hydroxylation is 1. The van der Waals surface area contributed by atoms with Crippen molar-refractivity contribution in [1.82, 2.24) is 19.5 Å². The second-order valence-corrected chi connectivity index (χ2v) is 6.35. The van der Waals surface area contributed by atoms with Gasteiger partial charge in [-0.2, -0.15) is 0 Å². The van der Waals surface area contributed by atoms with Crippen LogP contribution in [0.4, 0.5) is 0 Å². The topological polar surface area (TPSA) is 95.9 Å². The number of hydrogen-bond acceptors (Lipinski definition) is 5. The van der Waals surface area contributed by atoms with E-state index in [9.17, 15) is 4.79 Å². The van der Waals surface area contributed by atoms with Crippen molar-refractivity contribution in [2.45, 2.75) is 26.3 Å². The second kappa shape index (κ2) is 6.16. The summed E-state index contributed by atoms with van der Waals surface area (Å²) in [6, 6.07) is 5.86. The Labute approximate surface area is 144 Å². The van der Waals surface area contributed by atoms with Gasteiger partial charge >= 0.3 is 0 Å². The maximum Gasteiger partial charge on any atom is 0.220 e. The van der Waals surface area contributed by atoms with E-state index in [2.05, 4.69) is 14.5 Å². The maximum atomic E-state index is 11.4. The number of amides is 1. The van der Waals surface area contributed by atoms with E-state index in [1.54, 1.807) is 6.20 Å². The van der Waals surface area contributed by atoms with Gasteiger partial charge in [0.05, 0.1) is 12.1 Å². The molecule has 1 atom stereocenters. The zero-order valence-electron chi connectivity index (χ0n) is 14.0. The molecule has 0 radical (unpaired) electrons. The third kappa shape index (κ3) is 2.82. The number of hydrogen-bond donors (Lipinski definition) is 1. The first kappa shape index (κ1) is 15.6. The first-order valence-electron chi connectivity index (χ1n) is 8.35. The minimum atomic E-state index is -0.306. The molecular formula is C18H19N5O2. The second-order valence-electron chi connectivity index (χ2n) is 6.35. The lowest BCUT2D eigenvalue weighted by atomic mass is 10.00. The Kier molecular flexibility index (Phi) is 3.83. The molecule has 0 saturated carbocycles. The van der Waals surface area contributed by atoms with Gasteiger partial charge in [-0.1, -0.05) is 6.92 Å². The van der Waals surface area contributed by atoms with Crippen LogP contribution in [0.3, 0.4) is 0 Å². The van der Waals surface area contributed by atoms with Crippen molar-refractivity contribution in [2.24, 2.45) is 11.7 Å². The van der Waals surface area contributed by atoms with Crippen molar-refractivity contribution in [2.75, 3.05) is 6.61 Å². The van der Waals surface area contributed by atoms with Gasteiger partial charge in [0.15, 0.2) is 5.82 Å². The number of rotatable bonds is 4. The van der Waals surface area contributed by atoms with E-state index < -0.39 is 0 Å². The molecule has 25 heavy (non-hydrogen) atoms. The van der Waals surface area contributed by atoms with Crippen molar-refractivity contribution >= 4 is 16.9 Å². The number of aromatic nitrogens is 4. The van der Waals surface area contributed by atoms with Crippen molar-refractivity contribution in [3.63, 3.8) is 0 Å². The van der Waals surface area contributed by atoms with Crippen LogP contribution in [0.5, 0.6) is 5.75 Å². The first-order chi connectivity index (χ1) is 12.1. The summed E-state index contributed by atoms with van der Waals surface area (Å²) in [5, 5.41) is 0. The molecule has 7 nitrogen and oxygen atoms in total. The summed E-state index contributed by atoms with van der Waals surface area (Å²) in [4.78, 5) is 24.5. The van der Waals surface area contributed by atoms with Crippen LogP contribution in [0.1, 0.15) is 18.9 Å². The Morgan fingerprint density at radius 3 is 3.08 bits per heavy atom. The van der Waals surface area contributed by atoms with Crippen molar-refractivity contribution in [3.8, 4) is 17.3 Å². The van der Waals surface area contributed by atoms with E-state index in [1.807, 2.05) is 25.1 Å². The van der Waals surface area contributed by atoms with E-state index in [0.29, 0.717) is 13.0 Å². The monoisotopic (exact) mass is 337 g/mol. The molecule has 2 aromatic heterocycles. The SMILES string of the molecule is C[C@H](Cc1cc2c3c(c1)nc(-c1ccncn1)n3CCCO2)C(N)=O. The highest BCUT2D eigenvalue weighted by atomic mass is 16.5. The van der Waals surface area contributed by atoms with Crippen LogP contribution >= 0.6 is 0 Å². The Balaban J connectivity index is 1.87. The van der Waals surface area contributed by atoms with Crippen LogP contribution < -0.4 is 10.5 Å². The van der Waals surface area contributed by atoms with E-state index in [-0.39, 0.29) is 11.8 Å². The molecule has 0 fully saturated rings. The molecule has 1 aromatic carbocycles. The van der Waals surface area contributed by atoms with Gasteiger partial charge in [-0.05, 0) is 36.6 Å². The number of benzene rings is 1. The zero-order chi connectivity index (χ0) is 17.4. The number of primary amides is 1. The van der Waals surface area contributed by atoms with Crippen LogP contribution in [0, 0.1) is 5.92 Å². The Bertz CT molecular complexity index is 936. The van der Waals surface area contributed by atoms with Gasteiger partial charge in [-0.15, -0.1) is 0 Å². The molecule has 1 aliphatic heterocycles. The number of ether oxygens (including phenoxy) is 1. The number of carbonyl (C=O) groups is 1. The third-order valence-corrected chi connectivity index (χ3v) is 4.49. The van der Waals surface area contributed by atoms with Gasteiger partial charge in [-0.3, -0.25) is 4.79 Å². The molecule has 1 aliphatic rings. The average molecular weight is 337 g/mol. The minimum Gasteiger partial charge on any atom is -0.491 e. The molecular weight excluding hydrogens is 318 g/mol.